The summed E-state index contributed by atoms with van der Waals surface area (Å²) < 4.78 is 0. The first kappa shape index (κ1) is 16.5. The number of aliphatic hydroxyl groups is 1. The van der Waals surface area contributed by atoms with Gasteiger partial charge in [0.05, 0.1) is 0 Å². The molecule has 0 aromatic heterocycles. The van der Waals surface area contributed by atoms with Crippen LogP contribution in [0.5, 0.6) is 0 Å². The van der Waals surface area contributed by atoms with Gasteiger partial charge in [0.1, 0.15) is 0 Å². The molecule has 0 fully saturated rings. The van der Waals surface area contributed by atoms with Crippen LogP contribution in [0.2, 0.25) is 0 Å². The molecule has 1 amide bonds. The second-order valence-corrected chi connectivity index (χ2v) is 5.73. The molecule has 0 heterocycles. The van der Waals surface area contributed by atoms with E-state index in [0.29, 0.717) is 25.2 Å². The van der Waals surface area contributed by atoms with E-state index in [9.17, 15) is 9.90 Å². The number of nitrogens with zero attached hydrogens (tertiary/aromatic N) is 1. The van der Waals surface area contributed by atoms with Crippen molar-refractivity contribution in [2.24, 2.45) is 5.41 Å². The molecule has 0 atom stereocenters. The molecule has 0 unspecified atom stereocenters. The van der Waals surface area contributed by atoms with Gasteiger partial charge < -0.3 is 15.3 Å². The Bertz CT molecular complexity index is 440. The molecule has 2 N–H and O–H groups in total. The van der Waals surface area contributed by atoms with Crippen molar-refractivity contribution >= 4 is 11.6 Å². The van der Waals surface area contributed by atoms with Crippen LogP contribution in [-0.4, -0.2) is 42.2 Å². The van der Waals surface area contributed by atoms with E-state index >= 15 is 0 Å². The lowest BCUT2D eigenvalue weighted by atomic mass is 9.95. The van der Waals surface area contributed by atoms with E-state index < -0.39 is 0 Å². The van der Waals surface area contributed by atoms with Gasteiger partial charge >= 0.3 is 0 Å². The number of rotatable bonds is 7. The molecule has 4 heteroatoms. The summed E-state index contributed by atoms with van der Waals surface area (Å²) in [6.07, 6.45) is 0. The van der Waals surface area contributed by atoms with Crippen LogP contribution >= 0.6 is 0 Å². The standard InChI is InChI=1S/C16H26N2O2/c1-5-18(6-2)15(20)13-8-7-9-14(10-13)17-11-16(3,4)12-19/h7-10,17,19H,5-6,11-12H2,1-4H3. The summed E-state index contributed by atoms with van der Waals surface area (Å²) in [6, 6.07) is 7.52. The Balaban J connectivity index is 2.78. The monoisotopic (exact) mass is 278 g/mol. The van der Waals surface area contributed by atoms with Gasteiger partial charge in [0, 0.05) is 42.9 Å². The average molecular weight is 278 g/mol. The van der Waals surface area contributed by atoms with Crippen LogP contribution in [0.3, 0.4) is 0 Å². The van der Waals surface area contributed by atoms with E-state index in [4.69, 9.17) is 0 Å². The molecule has 4 nitrogen and oxygen atoms in total. The van der Waals surface area contributed by atoms with E-state index in [1.807, 2.05) is 52.0 Å². The van der Waals surface area contributed by atoms with Crippen molar-refractivity contribution in [1.82, 2.24) is 4.90 Å². The molecular weight excluding hydrogens is 252 g/mol. The molecule has 20 heavy (non-hydrogen) atoms. The summed E-state index contributed by atoms with van der Waals surface area (Å²) in [5.74, 6) is 0.0556. The first-order valence-electron chi connectivity index (χ1n) is 7.17. The number of hydrogen-bond acceptors (Lipinski definition) is 3. The van der Waals surface area contributed by atoms with Crippen LogP contribution in [0.4, 0.5) is 5.69 Å². The maximum absolute atomic E-state index is 12.3. The molecular formula is C16H26N2O2. The summed E-state index contributed by atoms with van der Waals surface area (Å²) in [5.41, 5.74) is 1.42. The molecule has 0 bridgehead atoms. The van der Waals surface area contributed by atoms with Crippen LogP contribution in [0.15, 0.2) is 24.3 Å². The molecule has 0 radical (unpaired) electrons. The first-order chi connectivity index (χ1) is 9.43. The third-order valence-electron chi connectivity index (χ3n) is 3.36. The molecule has 0 aliphatic carbocycles. The van der Waals surface area contributed by atoms with E-state index in [2.05, 4.69) is 5.32 Å². The van der Waals surface area contributed by atoms with Crippen molar-refractivity contribution < 1.29 is 9.90 Å². The minimum absolute atomic E-state index is 0.0556. The fourth-order valence-electron chi connectivity index (χ4n) is 1.85. The van der Waals surface area contributed by atoms with Crippen molar-refractivity contribution in [3.05, 3.63) is 29.8 Å². The van der Waals surface area contributed by atoms with Gasteiger partial charge in [0.25, 0.3) is 5.91 Å². The Morgan fingerprint density at radius 2 is 1.95 bits per heavy atom. The van der Waals surface area contributed by atoms with Crippen LogP contribution in [-0.2, 0) is 0 Å². The zero-order chi connectivity index (χ0) is 15.2. The summed E-state index contributed by atoms with van der Waals surface area (Å²) in [5, 5.41) is 12.5. The maximum atomic E-state index is 12.3. The van der Waals surface area contributed by atoms with Crippen molar-refractivity contribution in [1.29, 1.82) is 0 Å². The Kier molecular flexibility index (Phi) is 6.02. The van der Waals surface area contributed by atoms with Crippen molar-refractivity contribution in [3.8, 4) is 0 Å². The fraction of sp³-hybridized carbons (Fsp3) is 0.562. The Morgan fingerprint density at radius 1 is 1.30 bits per heavy atom. The lowest BCUT2D eigenvalue weighted by Crippen LogP contribution is -2.30. The van der Waals surface area contributed by atoms with Crippen LogP contribution in [0.25, 0.3) is 0 Å². The van der Waals surface area contributed by atoms with Gasteiger partial charge in [-0.05, 0) is 32.0 Å². The highest BCUT2D eigenvalue weighted by molar-refractivity contribution is 5.95. The Hall–Kier alpha value is -1.55. The minimum Gasteiger partial charge on any atom is -0.396 e. The van der Waals surface area contributed by atoms with E-state index in [1.54, 1.807) is 4.90 Å². The molecule has 0 saturated heterocycles. The molecule has 0 saturated carbocycles. The predicted molar refractivity (Wildman–Crippen MR) is 83.1 cm³/mol. The molecule has 1 aromatic carbocycles. The predicted octanol–water partition coefficient (Wildman–Crippen LogP) is 2.60. The summed E-state index contributed by atoms with van der Waals surface area (Å²) in [7, 11) is 0. The van der Waals surface area contributed by atoms with Crippen LogP contribution in [0.1, 0.15) is 38.1 Å². The van der Waals surface area contributed by atoms with Gasteiger partial charge in [0.2, 0.25) is 0 Å². The highest BCUT2D eigenvalue weighted by Gasteiger charge is 2.17. The van der Waals surface area contributed by atoms with Gasteiger partial charge in [-0.25, -0.2) is 0 Å². The smallest absolute Gasteiger partial charge is 0.253 e. The highest BCUT2D eigenvalue weighted by Crippen LogP contribution is 2.17. The maximum Gasteiger partial charge on any atom is 0.253 e. The van der Waals surface area contributed by atoms with Crippen LogP contribution in [0, 0.1) is 5.41 Å². The molecule has 0 spiro atoms. The highest BCUT2D eigenvalue weighted by atomic mass is 16.3. The van der Waals surface area contributed by atoms with Gasteiger partial charge in [0.15, 0.2) is 0 Å². The minimum atomic E-state index is -0.182. The summed E-state index contributed by atoms with van der Waals surface area (Å²) in [4.78, 5) is 14.1. The Morgan fingerprint density at radius 3 is 2.50 bits per heavy atom. The summed E-state index contributed by atoms with van der Waals surface area (Å²) in [6.45, 7) is 10.1. The number of benzene rings is 1. The average Bonchev–Trinajstić information content (AvgIpc) is 2.47. The fourth-order valence-corrected chi connectivity index (χ4v) is 1.85. The quantitative estimate of drug-likeness (QED) is 0.806. The zero-order valence-corrected chi connectivity index (χ0v) is 12.9. The first-order valence-corrected chi connectivity index (χ1v) is 7.17. The third kappa shape index (κ3) is 4.53. The number of amides is 1. The van der Waals surface area contributed by atoms with Gasteiger partial charge in [-0.1, -0.05) is 19.9 Å². The van der Waals surface area contributed by atoms with E-state index in [-0.39, 0.29) is 17.9 Å². The number of anilines is 1. The molecule has 0 aliphatic rings. The summed E-state index contributed by atoms with van der Waals surface area (Å²) >= 11 is 0. The molecule has 112 valence electrons. The van der Waals surface area contributed by atoms with Gasteiger partial charge in [-0.3, -0.25) is 4.79 Å². The SMILES string of the molecule is CCN(CC)C(=O)c1cccc(NCC(C)(C)CO)c1. The number of carbonyl (C=O) groups excluding carboxylic acids is 1. The second-order valence-electron chi connectivity index (χ2n) is 5.73. The number of aliphatic hydroxyl groups excluding tert-OH is 1. The van der Waals surface area contributed by atoms with Gasteiger partial charge in [-0.15, -0.1) is 0 Å². The molecule has 1 rings (SSSR count). The lowest BCUT2D eigenvalue weighted by Gasteiger charge is -2.23. The molecule has 1 aromatic rings. The third-order valence-corrected chi connectivity index (χ3v) is 3.36. The largest absolute Gasteiger partial charge is 0.396 e. The van der Waals surface area contributed by atoms with Crippen molar-refractivity contribution in [2.45, 2.75) is 27.7 Å². The number of nitrogens with one attached hydrogen (secondary N) is 1. The van der Waals surface area contributed by atoms with Crippen LogP contribution < -0.4 is 5.32 Å². The topological polar surface area (TPSA) is 52.6 Å². The van der Waals surface area contributed by atoms with Crippen molar-refractivity contribution in [2.75, 3.05) is 31.6 Å². The van der Waals surface area contributed by atoms with Gasteiger partial charge in [-0.2, -0.15) is 0 Å². The molecule has 0 aliphatic heterocycles. The number of hydrogen-bond donors (Lipinski definition) is 2. The lowest BCUT2D eigenvalue weighted by molar-refractivity contribution is 0.0773. The second kappa shape index (κ2) is 7.29. The zero-order valence-electron chi connectivity index (χ0n) is 12.9. The van der Waals surface area contributed by atoms with E-state index in [1.165, 1.54) is 0 Å². The van der Waals surface area contributed by atoms with E-state index in [0.717, 1.165) is 5.69 Å². The Labute approximate surface area is 121 Å². The normalized spacial score (nSPS) is 11.2. The van der Waals surface area contributed by atoms with Crippen molar-refractivity contribution in [3.63, 3.8) is 0 Å². The number of carbonyl (C=O) groups is 1.